The molecule has 0 aliphatic rings. The lowest BCUT2D eigenvalue weighted by Crippen LogP contribution is -2.33. The zero-order valence-corrected chi connectivity index (χ0v) is 12.2. The molecule has 2 aromatic rings. The number of hydrogen-bond acceptors (Lipinski definition) is 5. The lowest BCUT2D eigenvalue weighted by atomic mass is 10.0. The number of aromatic nitrogens is 2. The lowest BCUT2D eigenvalue weighted by molar-refractivity contribution is 0.525. The fourth-order valence-electron chi connectivity index (χ4n) is 2.02. The number of fused-ring (bicyclic) bond motifs is 1. The molecule has 0 unspecified atom stereocenters. The highest BCUT2D eigenvalue weighted by Gasteiger charge is 2.20. The Labute approximate surface area is 112 Å². The smallest absolute Gasteiger partial charge is 0.138 e. The minimum atomic E-state index is -0.0572. The molecule has 2 heterocycles. The summed E-state index contributed by atoms with van der Waals surface area (Å²) in [5.41, 5.74) is 6.85. The van der Waals surface area contributed by atoms with Crippen LogP contribution >= 0.6 is 11.3 Å². The van der Waals surface area contributed by atoms with Crippen LogP contribution in [0.4, 0.5) is 5.82 Å². The van der Waals surface area contributed by atoms with Gasteiger partial charge >= 0.3 is 0 Å². The summed E-state index contributed by atoms with van der Waals surface area (Å²) in [6.45, 7) is 9.19. The average molecular weight is 264 g/mol. The number of rotatable bonds is 4. The number of nitrogens with zero attached hydrogens (tertiary/aromatic N) is 2. The molecule has 2 rings (SSSR count). The largest absolute Gasteiger partial charge is 0.364 e. The van der Waals surface area contributed by atoms with Gasteiger partial charge in [0.15, 0.2) is 0 Å². The second-order valence-electron chi connectivity index (χ2n) is 5.23. The first-order valence-corrected chi connectivity index (χ1v) is 6.95. The molecule has 0 amide bonds. The molecule has 0 atom stereocenters. The van der Waals surface area contributed by atoms with Crippen molar-refractivity contribution in [2.75, 3.05) is 11.9 Å². The number of nitrogens with one attached hydrogen (secondary N) is 1. The SMILES string of the molecule is Cc1sc2ncnc(NC(C)(C)CCN)c2c1C. The van der Waals surface area contributed by atoms with E-state index in [4.69, 9.17) is 5.73 Å². The van der Waals surface area contributed by atoms with Crippen molar-refractivity contribution in [3.8, 4) is 0 Å². The summed E-state index contributed by atoms with van der Waals surface area (Å²) in [4.78, 5) is 11.1. The minimum Gasteiger partial charge on any atom is -0.364 e. The van der Waals surface area contributed by atoms with Crippen molar-refractivity contribution >= 4 is 27.4 Å². The van der Waals surface area contributed by atoms with Crippen molar-refractivity contribution in [1.29, 1.82) is 0 Å². The first kappa shape index (κ1) is 13.2. The van der Waals surface area contributed by atoms with Gasteiger partial charge in [-0.05, 0) is 46.2 Å². The summed E-state index contributed by atoms with van der Waals surface area (Å²) >= 11 is 1.72. The van der Waals surface area contributed by atoms with Crippen LogP contribution in [0.2, 0.25) is 0 Å². The molecule has 0 saturated heterocycles. The molecule has 4 nitrogen and oxygen atoms in total. The van der Waals surface area contributed by atoms with Crippen molar-refractivity contribution in [2.45, 2.75) is 39.7 Å². The van der Waals surface area contributed by atoms with E-state index in [1.807, 2.05) is 0 Å². The Hall–Kier alpha value is -1.20. The second-order valence-corrected chi connectivity index (χ2v) is 6.44. The van der Waals surface area contributed by atoms with Gasteiger partial charge in [-0.2, -0.15) is 0 Å². The standard InChI is InChI=1S/C13H20N4S/c1-8-9(2)18-12-10(8)11(15-7-16-12)17-13(3,4)5-6-14/h7H,5-6,14H2,1-4H3,(H,15,16,17). The van der Waals surface area contributed by atoms with Crippen molar-refractivity contribution in [3.63, 3.8) is 0 Å². The highest BCUT2D eigenvalue weighted by Crippen LogP contribution is 2.33. The maximum Gasteiger partial charge on any atom is 0.138 e. The molecular weight excluding hydrogens is 244 g/mol. The number of hydrogen-bond donors (Lipinski definition) is 2. The van der Waals surface area contributed by atoms with Crippen LogP contribution in [0.5, 0.6) is 0 Å². The normalized spacial score (nSPS) is 12.1. The molecular formula is C13H20N4S. The van der Waals surface area contributed by atoms with Gasteiger partial charge in [0, 0.05) is 10.4 Å². The molecule has 0 radical (unpaired) electrons. The molecule has 3 N–H and O–H groups in total. The Morgan fingerprint density at radius 3 is 2.72 bits per heavy atom. The third-order valence-electron chi connectivity index (χ3n) is 3.19. The Kier molecular flexibility index (Phi) is 3.54. The molecule has 0 spiro atoms. The van der Waals surface area contributed by atoms with E-state index in [9.17, 15) is 0 Å². The molecule has 5 heteroatoms. The van der Waals surface area contributed by atoms with Crippen molar-refractivity contribution in [2.24, 2.45) is 5.73 Å². The van der Waals surface area contributed by atoms with Gasteiger partial charge in [-0.3, -0.25) is 0 Å². The molecule has 2 aromatic heterocycles. The third-order valence-corrected chi connectivity index (χ3v) is 4.31. The van der Waals surface area contributed by atoms with Crippen LogP contribution in [0.3, 0.4) is 0 Å². The van der Waals surface area contributed by atoms with Crippen LogP contribution in [0.15, 0.2) is 6.33 Å². The summed E-state index contributed by atoms with van der Waals surface area (Å²) < 4.78 is 0. The molecule has 0 aromatic carbocycles. The topological polar surface area (TPSA) is 63.8 Å². The summed E-state index contributed by atoms with van der Waals surface area (Å²) in [5, 5.41) is 4.64. The molecule has 98 valence electrons. The number of anilines is 1. The quantitative estimate of drug-likeness (QED) is 0.891. The number of thiophene rings is 1. The Morgan fingerprint density at radius 2 is 2.06 bits per heavy atom. The lowest BCUT2D eigenvalue weighted by Gasteiger charge is -2.26. The Morgan fingerprint density at radius 1 is 1.33 bits per heavy atom. The van der Waals surface area contributed by atoms with Crippen LogP contribution in [0.1, 0.15) is 30.7 Å². The van der Waals surface area contributed by atoms with Crippen LogP contribution < -0.4 is 11.1 Å². The first-order chi connectivity index (χ1) is 8.44. The number of aryl methyl sites for hydroxylation is 2. The van der Waals surface area contributed by atoms with Crippen molar-refractivity contribution < 1.29 is 0 Å². The molecule has 0 aliphatic carbocycles. The fraction of sp³-hybridized carbons (Fsp3) is 0.538. The third kappa shape index (κ3) is 2.47. The van der Waals surface area contributed by atoms with Crippen LogP contribution in [-0.4, -0.2) is 22.1 Å². The van der Waals surface area contributed by atoms with E-state index < -0.39 is 0 Å². The summed E-state index contributed by atoms with van der Waals surface area (Å²) in [6, 6.07) is 0. The van der Waals surface area contributed by atoms with Gasteiger partial charge in [-0.15, -0.1) is 11.3 Å². The monoisotopic (exact) mass is 264 g/mol. The zero-order chi connectivity index (χ0) is 13.3. The molecule has 18 heavy (non-hydrogen) atoms. The molecule has 0 saturated carbocycles. The van der Waals surface area contributed by atoms with Crippen LogP contribution in [-0.2, 0) is 0 Å². The Bertz CT molecular complexity index is 559. The van der Waals surface area contributed by atoms with Crippen molar-refractivity contribution in [3.05, 3.63) is 16.8 Å². The predicted octanol–water partition coefficient (Wildman–Crippen LogP) is 2.85. The van der Waals surface area contributed by atoms with E-state index in [0.29, 0.717) is 6.54 Å². The summed E-state index contributed by atoms with van der Waals surface area (Å²) in [7, 11) is 0. The highest BCUT2D eigenvalue weighted by atomic mass is 32.1. The zero-order valence-electron chi connectivity index (χ0n) is 11.4. The van der Waals surface area contributed by atoms with Crippen LogP contribution in [0, 0.1) is 13.8 Å². The van der Waals surface area contributed by atoms with E-state index in [2.05, 4.69) is 43.0 Å². The van der Waals surface area contributed by atoms with Gasteiger partial charge in [-0.25, -0.2) is 9.97 Å². The van der Waals surface area contributed by atoms with Gasteiger partial charge in [0.05, 0.1) is 5.39 Å². The van der Waals surface area contributed by atoms with E-state index in [-0.39, 0.29) is 5.54 Å². The van der Waals surface area contributed by atoms with E-state index in [1.54, 1.807) is 17.7 Å². The van der Waals surface area contributed by atoms with Gasteiger partial charge in [-0.1, -0.05) is 0 Å². The Balaban J connectivity index is 2.45. The van der Waals surface area contributed by atoms with Gasteiger partial charge in [0.2, 0.25) is 0 Å². The number of nitrogens with two attached hydrogens (primary N) is 1. The maximum atomic E-state index is 5.64. The maximum absolute atomic E-state index is 5.64. The molecule has 0 fully saturated rings. The second kappa shape index (κ2) is 4.82. The van der Waals surface area contributed by atoms with Gasteiger partial charge < -0.3 is 11.1 Å². The minimum absolute atomic E-state index is 0.0572. The van der Waals surface area contributed by atoms with E-state index >= 15 is 0 Å². The summed E-state index contributed by atoms with van der Waals surface area (Å²) in [5.74, 6) is 0.917. The summed E-state index contributed by atoms with van der Waals surface area (Å²) in [6.07, 6.45) is 2.53. The van der Waals surface area contributed by atoms with Crippen molar-refractivity contribution in [1.82, 2.24) is 9.97 Å². The first-order valence-electron chi connectivity index (χ1n) is 6.13. The predicted molar refractivity (Wildman–Crippen MR) is 78.3 cm³/mol. The average Bonchev–Trinajstić information content (AvgIpc) is 2.55. The fourth-order valence-corrected chi connectivity index (χ4v) is 3.02. The van der Waals surface area contributed by atoms with Gasteiger partial charge in [0.25, 0.3) is 0 Å². The highest BCUT2D eigenvalue weighted by molar-refractivity contribution is 7.18. The van der Waals surface area contributed by atoms with Crippen LogP contribution in [0.25, 0.3) is 10.2 Å². The van der Waals surface area contributed by atoms with E-state index in [1.165, 1.54) is 10.4 Å². The van der Waals surface area contributed by atoms with E-state index in [0.717, 1.165) is 22.5 Å². The van der Waals surface area contributed by atoms with Gasteiger partial charge in [0.1, 0.15) is 17.0 Å². The molecule has 0 bridgehead atoms. The molecule has 0 aliphatic heterocycles.